The Labute approximate surface area is 285 Å². The second-order valence-corrected chi connectivity index (χ2v) is 14.6. The predicted octanol–water partition coefficient (Wildman–Crippen LogP) is 7.47. The van der Waals surface area contributed by atoms with Gasteiger partial charge >= 0.3 is 0 Å². The molecular formula is C36H39BrClN3O4S. The fraction of sp³-hybridized carbons (Fsp3) is 0.278. The molecule has 7 nitrogen and oxygen atoms in total. The summed E-state index contributed by atoms with van der Waals surface area (Å²) in [6.07, 6.45) is 0.957. The highest BCUT2D eigenvalue weighted by Crippen LogP contribution is 2.30. The predicted molar refractivity (Wildman–Crippen MR) is 188 cm³/mol. The van der Waals surface area contributed by atoms with Crippen LogP contribution in [0.5, 0.6) is 0 Å². The number of aryl methyl sites for hydroxylation is 2. The van der Waals surface area contributed by atoms with Gasteiger partial charge in [-0.25, -0.2) is 8.42 Å². The Bertz CT molecular complexity index is 1750. The van der Waals surface area contributed by atoms with E-state index in [1.807, 2.05) is 75.4 Å². The summed E-state index contributed by atoms with van der Waals surface area (Å²) in [6.45, 7) is 7.08. The quantitative estimate of drug-likeness (QED) is 0.155. The molecule has 0 aliphatic heterocycles. The molecule has 0 unspecified atom stereocenters. The number of carbonyl (C=O) groups is 2. The van der Waals surface area contributed by atoms with E-state index in [4.69, 9.17) is 11.6 Å². The lowest BCUT2D eigenvalue weighted by Gasteiger charge is -2.34. The number of hydrogen-bond donors (Lipinski definition) is 1. The largest absolute Gasteiger partial charge is 0.352 e. The SMILES string of the molecule is CC[C@H](C)NC(=O)[C@H](Cc1ccccc1)N(Cc1ccc(Br)cc1)C(=O)CN(c1ccc(Cl)cc1C)S(=O)(=O)c1ccc(C)cc1. The zero-order valence-electron chi connectivity index (χ0n) is 26.4. The first kappa shape index (κ1) is 35.2. The van der Waals surface area contributed by atoms with Crippen molar-refractivity contribution in [1.29, 1.82) is 0 Å². The Balaban J connectivity index is 1.83. The number of carbonyl (C=O) groups excluding carboxylic acids is 2. The number of nitrogens with zero attached hydrogens (tertiary/aromatic N) is 2. The van der Waals surface area contributed by atoms with Gasteiger partial charge in [0.05, 0.1) is 10.6 Å². The molecule has 0 saturated carbocycles. The van der Waals surface area contributed by atoms with E-state index in [9.17, 15) is 18.0 Å². The number of benzene rings is 4. The van der Waals surface area contributed by atoms with Gasteiger partial charge in [-0.3, -0.25) is 13.9 Å². The zero-order valence-corrected chi connectivity index (χ0v) is 29.6. The number of nitrogens with one attached hydrogen (secondary N) is 1. The summed E-state index contributed by atoms with van der Waals surface area (Å²) in [5.74, 6) is -0.826. The van der Waals surface area contributed by atoms with E-state index in [0.29, 0.717) is 22.7 Å². The van der Waals surface area contributed by atoms with Crippen LogP contribution in [0.1, 0.15) is 42.5 Å². The summed E-state index contributed by atoms with van der Waals surface area (Å²) in [5, 5.41) is 3.50. The van der Waals surface area contributed by atoms with Crippen molar-refractivity contribution in [1.82, 2.24) is 10.2 Å². The highest BCUT2D eigenvalue weighted by Gasteiger charge is 2.35. The van der Waals surface area contributed by atoms with Crippen LogP contribution in [-0.4, -0.2) is 43.8 Å². The average molecular weight is 725 g/mol. The highest BCUT2D eigenvalue weighted by molar-refractivity contribution is 9.10. The topological polar surface area (TPSA) is 86.8 Å². The third-order valence-electron chi connectivity index (χ3n) is 7.85. The van der Waals surface area contributed by atoms with Gasteiger partial charge in [0.15, 0.2) is 0 Å². The summed E-state index contributed by atoms with van der Waals surface area (Å²) < 4.78 is 30.5. The fourth-order valence-electron chi connectivity index (χ4n) is 5.03. The third-order valence-corrected chi connectivity index (χ3v) is 10.4. The van der Waals surface area contributed by atoms with E-state index in [1.165, 1.54) is 17.0 Å². The average Bonchev–Trinajstić information content (AvgIpc) is 3.03. The van der Waals surface area contributed by atoms with Crippen LogP contribution in [-0.2, 0) is 32.6 Å². The molecule has 10 heteroatoms. The van der Waals surface area contributed by atoms with E-state index >= 15 is 0 Å². The molecule has 4 aromatic rings. The molecule has 1 N–H and O–H groups in total. The van der Waals surface area contributed by atoms with Crippen LogP contribution in [0.2, 0.25) is 5.02 Å². The molecular weight excluding hydrogens is 686 g/mol. The highest BCUT2D eigenvalue weighted by atomic mass is 79.9. The Morgan fingerprint density at radius 2 is 1.54 bits per heavy atom. The lowest BCUT2D eigenvalue weighted by Crippen LogP contribution is -2.54. The standard InChI is InChI=1S/C36H39BrClN3O4S/c1-5-27(4)39-36(43)34(22-28-9-7-6-8-10-28)40(23-29-13-15-30(37)16-14-29)35(42)24-41(33-20-17-31(38)21-26(33)3)46(44,45)32-18-11-25(2)12-19-32/h6-21,27,34H,5,22-24H2,1-4H3,(H,39,43)/t27-,34-/m0/s1. The van der Waals surface area contributed by atoms with Crippen molar-refractivity contribution >= 4 is 55.1 Å². The molecule has 0 radical (unpaired) electrons. The molecule has 2 amide bonds. The molecule has 0 aliphatic rings. The van der Waals surface area contributed by atoms with Gasteiger partial charge in [-0.2, -0.15) is 0 Å². The van der Waals surface area contributed by atoms with Crippen molar-refractivity contribution < 1.29 is 18.0 Å². The summed E-state index contributed by atoms with van der Waals surface area (Å²) >= 11 is 9.71. The maximum atomic E-state index is 14.6. The first-order valence-corrected chi connectivity index (χ1v) is 17.7. The van der Waals surface area contributed by atoms with Crippen molar-refractivity contribution in [2.24, 2.45) is 0 Å². The summed E-state index contributed by atoms with van der Waals surface area (Å²) in [6, 6.07) is 27.3. The first-order valence-electron chi connectivity index (χ1n) is 15.1. The van der Waals surface area contributed by atoms with Crippen molar-refractivity contribution in [3.8, 4) is 0 Å². The molecule has 0 heterocycles. The molecule has 242 valence electrons. The normalized spacial score (nSPS) is 12.7. The number of halogens is 2. The van der Waals surface area contributed by atoms with Crippen LogP contribution >= 0.6 is 27.5 Å². The van der Waals surface area contributed by atoms with Gasteiger partial charge in [0.2, 0.25) is 11.8 Å². The van der Waals surface area contributed by atoms with Gasteiger partial charge in [0.25, 0.3) is 10.0 Å². The molecule has 4 rings (SSSR count). The number of amides is 2. The van der Waals surface area contributed by atoms with Crippen molar-refractivity contribution in [3.63, 3.8) is 0 Å². The molecule has 0 bridgehead atoms. The molecule has 0 aromatic heterocycles. The minimum atomic E-state index is -4.21. The van der Waals surface area contributed by atoms with Gasteiger partial charge < -0.3 is 10.2 Å². The van der Waals surface area contributed by atoms with Gasteiger partial charge in [-0.1, -0.05) is 94.6 Å². The summed E-state index contributed by atoms with van der Waals surface area (Å²) in [4.78, 5) is 30.1. The number of anilines is 1. The van der Waals surface area contributed by atoms with Crippen molar-refractivity contribution in [3.05, 3.63) is 129 Å². The fourth-order valence-corrected chi connectivity index (χ4v) is 7.00. The van der Waals surface area contributed by atoms with E-state index in [2.05, 4.69) is 21.2 Å². The van der Waals surface area contributed by atoms with Crippen molar-refractivity contribution in [2.45, 2.75) is 64.1 Å². The number of rotatable bonds is 13. The Morgan fingerprint density at radius 3 is 2.15 bits per heavy atom. The monoisotopic (exact) mass is 723 g/mol. The second kappa shape index (κ2) is 15.8. The van der Waals surface area contributed by atoms with E-state index < -0.39 is 28.5 Å². The molecule has 0 aliphatic carbocycles. The van der Waals surface area contributed by atoms with Crippen LogP contribution in [0.4, 0.5) is 5.69 Å². The summed E-state index contributed by atoms with van der Waals surface area (Å²) in [5.41, 5.74) is 3.48. The first-order chi connectivity index (χ1) is 21.9. The molecule has 0 saturated heterocycles. The Morgan fingerprint density at radius 1 is 0.891 bits per heavy atom. The van der Waals surface area contributed by atoms with E-state index in [1.54, 1.807) is 37.3 Å². The lowest BCUT2D eigenvalue weighted by molar-refractivity contribution is -0.140. The number of hydrogen-bond acceptors (Lipinski definition) is 4. The van der Waals surface area contributed by atoms with Gasteiger partial charge in [-0.05, 0) is 86.3 Å². The van der Waals surface area contributed by atoms with Crippen molar-refractivity contribution in [2.75, 3.05) is 10.8 Å². The molecule has 2 atom stereocenters. The lowest BCUT2D eigenvalue weighted by atomic mass is 10.0. The Hall–Kier alpha value is -3.66. The van der Waals surface area contributed by atoms with Crippen LogP contribution in [0.15, 0.2) is 106 Å². The van der Waals surface area contributed by atoms with Gasteiger partial charge in [0, 0.05) is 28.5 Å². The smallest absolute Gasteiger partial charge is 0.264 e. The molecule has 4 aromatic carbocycles. The van der Waals surface area contributed by atoms with Crippen LogP contribution < -0.4 is 9.62 Å². The zero-order chi connectivity index (χ0) is 33.4. The molecule has 46 heavy (non-hydrogen) atoms. The second-order valence-electron chi connectivity index (χ2n) is 11.4. The van der Waals surface area contributed by atoms with Crippen LogP contribution in [0.3, 0.4) is 0 Å². The Kier molecular flexibility index (Phi) is 12.1. The van der Waals surface area contributed by atoms with E-state index in [-0.39, 0.29) is 29.8 Å². The van der Waals surface area contributed by atoms with Crippen LogP contribution in [0.25, 0.3) is 0 Å². The number of sulfonamides is 1. The van der Waals surface area contributed by atoms with Crippen LogP contribution in [0, 0.1) is 13.8 Å². The molecule has 0 spiro atoms. The summed E-state index contributed by atoms with van der Waals surface area (Å²) in [7, 11) is -4.21. The third kappa shape index (κ3) is 8.99. The maximum absolute atomic E-state index is 14.6. The van der Waals surface area contributed by atoms with Gasteiger partial charge in [-0.15, -0.1) is 0 Å². The maximum Gasteiger partial charge on any atom is 0.264 e. The molecule has 0 fully saturated rings. The van der Waals surface area contributed by atoms with Gasteiger partial charge in [0.1, 0.15) is 12.6 Å². The minimum absolute atomic E-state index is 0.0510. The minimum Gasteiger partial charge on any atom is -0.352 e. The van der Waals surface area contributed by atoms with E-state index in [0.717, 1.165) is 25.5 Å².